The number of halogens is 1. The molecule has 0 spiro atoms. The van der Waals surface area contributed by atoms with Gasteiger partial charge in [-0.2, -0.15) is 14.9 Å². The Morgan fingerprint density at radius 2 is 1.96 bits per heavy atom. The van der Waals surface area contributed by atoms with E-state index < -0.39 is 0 Å². The molecule has 7 heteroatoms. The van der Waals surface area contributed by atoms with Gasteiger partial charge in [-0.3, -0.25) is 9.67 Å². The van der Waals surface area contributed by atoms with Crippen molar-refractivity contribution >= 4 is 0 Å². The highest BCUT2D eigenvalue weighted by molar-refractivity contribution is 5.67. The Hall–Kier alpha value is -3.48. The maximum absolute atomic E-state index is 14.0. The highest BCUT2D eigenvalue weighted by Gasteiger charge is 2.15. The number of benzene rings is 2. The SMILES string of the molecule is CCc1cc(-n2nc(C)n(Cc3ccccc3F)c2=O)ccc1-c1cn[nH]c1. The largest absolute Gasteiger partial charge is 0.351 e. The molecule has 0 radical (unpaired) electrons. The van der Waals surface area contributed by atoms with E-state index in [9.17, 15) is 9.18 Å². The molecule has 0 aliphatic rings. The van der Waals surface area contributed by atoms with Crippen molar-refractivity contribution in [2.24, 2.45) is 0 Å². The summed E-state index contributed by atoms with van der Waals surface area (Å²) in [5.74, 6) is 0.199. The van der Waals surface area contributed by atoms with Crippen molar-refractivity contribution in [2.75, 3.05) is 0 Å². The van der Waals surface area contributed by atoms with E-state index in [0.717, 1.165) is 23.1 Å². The summed E-state index contributed by atoms with van der Waals surface area (Å²) in [5, 5.41) is 11.2. The summed E-state index contributed by atoms with van der Waals surface area (Å²) < 4.78 is 16.8. The molecule has 0 aliphatic heterocycles. The van der Waals surface area contributed by atoms with Gasteiger partial charge in [0.2, 0.25) is 0 Å². The third kappa shape index (κ3) is 3.15. The third-order valence-corrected chi connectivity index (χ3v) is 4.86. The van der Waals surface area contributed by atoms with E-state index in [1.807, 2.05) is 24.4 Å². The molecule has 0 fully saturated rings. The van der Waals surface area contributed by atoms with Crippen LogP contribution in [0.4, 0.5) is 4.39 Å². The quantitative estimate of drug-likeness (QED) is 0.579. The third-order valence-electron chi connectivity index (χ3n) is 4.86. The summed E-state index contributed by atoms with van der Waals surface area (Å²) in [6.07, 6.45) is 4.42. The second-order valence-electron chi connectivity index (χ2n) is 6.60. The molecule has 0 atom stereocenters. The van der Waals surface area contributed by atoms with Crippen molar-refractivity contribution in [3.05, 3.63) is 88.1 Å². The van der Waals surface area contributed by atoms with Crippen LogP contribution in [-0.4, -0.2) is 24.5 Å². The van der Waals surface area contributed by atoms with Crippen LogP contribution in [0.15, 0.2) is 59.7 Å². The number of nitrogens with zero attached hydrogens (tertiary/aromatic N) is 4. The summed E-state index contributed by atoms with van der Waals surface area (Å²) >= 11 is 0. The minimum atomic E-state index is -0.334. The first-order valence-electron chi connectivity index (χ1n) is 9.10. The molecule has 1 N–H and O–H groups in total. The maximum atomic E-state index is 14.0. The lowest BCUT2D eigenvalue weighted by atomic mass is 10.00. The number of nitrogens with one attached hydrogen (secondary N) is 1. The number of hydrogen-bond donors (Lipinski definition) is 1. The normalized spacial score (nSPS) is 11.1. The van der Waals surface area contributed by atoms with Crippen LogP contribution in [-0.2, 0) is 13.0 Å². The smallest absolute Gasteiger partial charge is 0.285 e. The van der Waals surface area contributed by atoms with Gasteiger partial charge in [0.25, 0.3) is 0 Å². The van der Waals surface area contributed by atoms with Gasteiger partial charge in [0.1, 0.15) is 11.6 Å². The van der Waals surface area contributed by atoms with Crippen LogP contribution in [0.25, 0.3) is 16.8 Å². The molecule has 0 saturated carbocycles. The fourth-order valence-electron chi connectivity index (χ4n) is 3.33. The summed E-state index contributed by atoms with van der Waals surface area (Å²) in [5.41, 5.74) is 4.00. The first kappa shape index (κ1) is 17.9. The Morgan fingerprint density at radius 3 is 2.68 bits per heavy atom. The molecule has 0 saturated heterocycles. The van der Waals surface area contributed by atoms with Crippen molar-refractivity contribution in [3.63, 3.8) is 0 Å². The van der Waals surface area contributed by atoms with Gasteiger partial charge in [-0.05, 0) is 42.7 Å². The highest BCUT2D eigenvalue weighted by atomic mass is 19.1. The fraction of sp³-hybridized carbons (Fsp3) is 0.190. The average molecular weight is 377 g/mol. The van der Waals surface area contributed by atoms with Crippen LogP contribution in [0.5, 0.6) is 0 Å². The lowest BCUT2D eigenvalue weighted by Gasteiger charge is -2.08. The molecule has 142 valence electrons. The molecule has 2 aromatic heterocycles. The Labute approximate surface area is 161 Å². The molecular weight excluding hydrogens is 357 g/mol. The number of aromatic nitrogens is 5. The summed E-state index contributed by atoms with van der Waals surface area (Å²) in [6.45, 7) is 3.96. The van der Waals surface area contributed by atoms with Gasteiger partial charge in [-0.15, -0.1) is 0 Å². The number of aromatic amines is 1. The molecule has 2 heterocycles. The number of hydrogen-bond acceptors (Lipinski definition) is 3. The molecule has 0 unspecified atom stereocenters. The number of H-pyrrole nitrogens is 1. The second kappa shape index (κ2) is 7.26. The molecule has 2 aromatic carbocycles. The van der Waals surface area contributed by atoms with Crippen LogP contribution in [0.3, 0.4) is 0 Å². The van der Waals surface area contributed by atoms with E-state index in [1.54, 1.807) is 31.3 Å². The zero-order valence-electron chi connectivity index (χ0n) is 15.7. The van der Waals surface area contributed by atoms with E-state index in [1.165, 1.54) is 15.3 Å². The van der Waals surface area contributed by atoms with Crippen molar-refractivity contribution in [1.82, 2.24) is 24.5 Å². The molecule has 4 rings (SSSR count). The van der Waals surface area contributed by atoms with Gasteiger partial charge in [-0.25, -0.2) is 9.18 Å². The van der Waals surface area contributed by atoms with Crippen LogP contribution < -0.4 is 5.69 Å². The van der Waals surface area contributed by atoms with E-state index in [4.69, 9.17) is 0 Å². The second-order valence-corrected chi connectivity index (χ2v) is 6.60. The summed E-state index contributed by atoms with van der Waals surface area (Å²) in [4.78, 5) is 12.9. The van der Waals surface area contributed by atoms with Gasteiger partial charge < -0.3 is 0 Å². The Kier molecular flexibility index (Phi) is 4.65. The standard InChI is InChI=1S/C21H20FN5O/c1-3-15-10-18(8-9-19(15)17-11-23-24-12-17)27-21(28)26(14(2)25-27)13-16-6-4-5-7-20(16)22/h4-12H,3,13H2,1-2H3,(H,23,24). The Morgan fingerprint density at radius 1 is 1.14 bits per heavy atom. The Balaban J connectivity index is 1.74. The van der Waals surface area contributed by atoms with E-state index in [-0.39, 0.29) is 18.1 Å². The zero-order valence-corrected chi connectivity index (χ0v) is 15.7. The first-order valence-corrected chi connectivity index (χ1v) is 9.10. The lowest BCUT2D eigenvalue weighted by Crippen LogP contribution is -2.25. The average Bonchev–Trinajstić information content (AvgIpc) is 3.33. The van der Waals surface area contributed by atoms with Crippen LogP contribution in [0, 0.1) is 12.7 Å². The van der Waals surface area contributed by atoms with Crippen molar-refractivity contribution in [2.45, 2.75) is 26.8 Å². The minimum absolute atomic E-state index is 0.144. The lowest BCUT2D eigenvalue weighted by molar-refractivity contribution is 0.593. The van der Waals surface area contributed by atoms with Crippen LogP contribution >= 0.6 is 0 Å². The molecule has 6 nitrogen and oxygen atoms in total. The predicted octanol–water partition coefficient (Wildman–Crippen LogP) is 3.48. The molecule has 0 amide bonds. The van der Waals surface area contributed by atoms with E-state index in [2.05, 4.69) is 22.2 Å². The summed E-state index contributed by atoms with van der Waals surface area (Å²) in [6, 6.07) is 12.2. The van der Waals surface area contributed by atoms with E-state index >= 15 is 0 Å². The van der Waals surface area contributed by atoms with Gasteiger partial charge in [0, 0.05) is 17.3 Å². The van der Waals surface area contributed by atoms with Gasteiger partial charge in [0.05, 0.1) is 18.4 Å². The minimum Gasteiger partial charge on any atom is -0.285 e. The van der Waals surface area contributed by atoms with Crippen molar-refractivity contribution in [1.29, 1.82) is 0 Å². The zero-order chi connectivity index (χ0) is 19.7. The molecule has 0 aliphatic carbocycles. The van der Waals surface area contributed by atoms with Crippen LogP contribution in [0.2, 0.25) is 0 Å². The van der Waals surface area contributed by atoms with E-state index in [0.29, 0.717) is 17.1 Å². The van der Waals surface area contributed by atoms with Gasteiger partial charge >= 0.3 is 5.69 Å². The van der Waals surface area contributed by atoms with Crippen LogP contribution in [0.1, 0.15) is 23.9 Å². The topological polar surface area (TPSA) is 68.5 Å². The number of rotatable bonds is 5. The monoisotopic (exact) mass is 377 g/mol. The van der Waals surface area contributed by atoms with Crippen molar-refractivity contribution in [3.8, 4) is 16.8 Å². The van der Waals surface area contributed by atoms with Gasteiger partial charge in [-0.1, -0.05) is 31.2 Å². The predicted molar refractivity (Wildman–Crippen MR) is 105 cm³/mol. The highest BCUT2D eigenvalue weighted by Crippen LogP contribution is 2.25. The molecule has 0 bridgehead atoms. The summed E-state index contributed by atoms with van der Waals surface area (Å²) in [7, 11) is 0. The maximum Gasteiger partial charge on any atom is 0.351 e. The van der Waals surface area contributed by atoms with Gasteiger partial charge in [0.15, 0.2) is 0 Å². The van der Waals surface area contributed by atoms with Crippen molar-refractivity contribution < 1.29 is 4.39 Å². The number of aryl methyl sites for hydroxylation is 2. The fourth-order valence-corrected chi connectivity index (χ4v) is 3.33. The Bertz CT molecular complexity index is 1170. The molecule has 28 heavy (non-hydrogen) atoms. The molecule has 4 aromatic rings. The molecular formula is C21H20FN5O. The first-order chi connectivity index (χ1) is 13.6.